The van der Waals surface area contributed by atoms with Crippen molar-refractivity contribution in [2.24, 2.45) is 4.99 Å². The van der Waals surface area contributed by atoms with E-state index in [-0.39, 0.29) is 24.0 Å². The molecule has 0 aliphatic carbocycles. The van der Waals surface area contributed by atoms with Crippen LogP contribution in [0.5, 0.6) is 17.2 Å². The Balaban J connectivity index is 0.00000392. The summed E-state index contributed by atoms with van der Waals surface area (Å²) in [5.74, 6) is 3.06. The first-order chi connectivity index (χ1) is 13.1. The Morgan fingerprint density at radius 3 is 2.29 bits per heavy atom. The molecular formula is C20H30IN3O3S. The summed E-state index contributed by atoms with van der Waals surface area (Å²) in [7, 11) is 4.82. The Morgan fingerprint density at radius 1 is 1.11 bits per heavy atom. The number of aliphatic imine (C=N–C) groups is 1. The molecule has 2 rings (SSSR count). The van der Waals surface area contributed by atoms with Gasteiger partial charge in [0.2, 0.25) is 5.75 Å². The van der Waals surface area contributed by atoms with Gasteiger partial charge in [-0.3, -0.25) is 0 Å². The van der Waals surface area contributed by atoms with Gasteiger partial charge in [-0.1, -0.05) is 13.0 Å². The van der Waals surface area contributed by atoms with Crippen LogP contribution in [0.15, 0.2) is 34.6 Å². The first-order valence-corrected chi connectivity index (χ1v) is 9.85. The summed E-state index contributed by atoms with van der Waals surface area (Å²) in [6, 6.07) is 8.09. The van der Waals surface area contributed by atoms with Crippen molar-refractivity contribution in [2.75, 3.05) is 34.4 Å². The Labute approximate surface area is 188 Å². The Kier molecular flexibility index (Phi) is 11.1. The minimum absolute atomic E-state index is 0. The number of hydrogen-bond donors (Lipinski definition) is 2. The van der Waals surface area contributed by atoms with Gasteiger partial charge in [-0.25, -0.2) is 4.99 Å². The average molecular weight is 519 g/mol. The van der Waals surface area contributed by atoms with Crippen molar-refractivity contribution >= 4 is 41.3 Å². The minimum atomic E-state index is 0. The highest BCUT2D eigenvalue weighted by molar-refractivity contribution is 14.0. The maximum Gasteiger partial charge on any atom is 0.203 e. The van der Waals surface area contributed by atoms with Gasteiger partial charge in [0.25, 0.3) is 0 Å². The van der Waals surface area contributed by atoms with E-state index in [1.807, 2.05) is 12.1 Å². The van der Waals surface area contributed by atoms with Crippen LogP contribution in [0.25, 0.3) is 0 Å². The SMILES string of the molecule is CCNC(=NCc1cc(OC)c(OC)c(OC)c1)NCC(C)c1cccs1.I. The topological polar surface area (TPSA) is 64.1 Å². The van der Waals surface area contributed by atoms with Gasteiger partial charge in [-0.05, 0) is 36.1 Å². The van der Waals surface area contributed by atoms with Crippen LogP contribution < -0.4 is 24.8 Å². The summed E-state index contributed by atoms with van der Waals surface area (Å²) in [6.45, 7) is 6.39. The van der Waals surface area contributed by atoms with Gasteiger partial charge < -0.3 is 24.8 Å². The van der Waals surface area contributed by atoms with E-state index in [9.17, 15) is 0 Å². The van der Waals surface area contributed by atoms with Crippen molar-refractivity contribution in [3.63, 3.8) is 0 Å². The average Bonchev–Trinajstić information content (AvgIpc) is 3.23. The second-order valence-corrected chi connectivity index (χ2v) is 7.01. The van der Waals surface area contributed by atoms with Crippen molar-refractivity contribution in [3.05, 3.63) is 40.1 Å². The molecule has 1 atom stereocenters. The monoisotopic (exact) mass is 519 g/mol. The quantitative estimate of drug-likeness (QED) is 0.295. The molecule has 1 heterocycles. The van der Waals surface area contributed by atoms with Crippen LogP contribution in [-0.4, -0.2) is 40.4 Å². The number of nitrogens with one attached hydrogen (secondary N) is 2. The summed E-state index contributed by atoms with van der Waals surface area (Å²) in [5.41, 5.74) is 0.980. The fourth-order valence-corrected chi connectivity index (χ4v) is 3.45. The molecule has 8 heteroatoms. The highest BCUT2D eigenvalue weighted by Crippen LogP contribution is 2.38. The largest absolute Gasteiger partial charge is 0.493 e. The fraction of sp³-hybridized carbons (Fsp3) is 0.450. The number of methoxy groups -OCH3 is 3. The molecule has 1 aromatic carbocycles. The van der Waals surface area contributed by atoms with Crippen molar-refractivity contribution in [3.8, 4) is 17.2 Å². The molecule has 2 N–H and O–H groups in total. The number of nitrogens with zero attached hydrogens (tertiary/aromatic N) is 1. The van der Waals surface area contributed by atoms with Crippen molar-refractivity contribution in [1.29, 1.82) is 0 Å². The fourth-order valence-electron chi connectivity index (χ4n) is 2.66. The van der Waals surface area contributed by atoms with Crippen molar-refractivity contribution < 1.29 is 14.2 Å². The van der Waals surface area contributed by atoms with Gasteiger partial charge in [0.15, 0.2) is 17.5 Å². The summed E-state index contributed by atoms with van der Waals surface area (Å²) in [4.78, 5) is 6.05. The zero-order valence-corrected chi connectivity index (χ0v) is 20.2. The molecule has 0 fully saturated rings. The predicted molar refractivity (Wildman–Crippen MR) is 127 cm³/mol. The Morgan fingerprint density at radius 2 is 1.79 bits per heavy atom. The van der Waals surface area contributed by atoms with Crippen LogP contribution in [-0.2, 0) is 6.54 Å². The lowest BCUT2D eigenvalue weighted by Crippen LogP contribution is -2.39. The molecule has 0 aliphatic rings. The number of thiophene rings is 1. The van der Waals surface area contributed by atoms with Crippen LogP contribution in [0.3, 0.4) is 0 Å². The summed E-state index contributed by atoms with van der Waals surface area (Å²) >= 11 is 1.78. The number of guanidine groups is 1. The van der Waals surface area contributed by atoms with E-state index in [4.69, 9.17) is 14.2 Å². The minimum Gasteiger partial charge on any atom is -0.493 e. The third-order valence-corrected chi connectivity index (χ3v) is 5.20. The molecule has 0 bridgehead atoms. The third-order valence-electron chi connectivity index (χ3n) is 4.09. The van der Waals surface area contributed by atoms with Crippen LogP contribution in [0.1, 0.15) is 30.2 Å². The first-order valence-electron chi connectivity index (χ1n) is 8.97. The van der Waals surface area contributed by atoms with E-state index < -0.39 is 0 Å². The maximum absolute atomic E-state index is 5.41. The predicted octanol–water partition coefficient (Wildman–Crippen LogP) is 4.25. The first kappa shape index (κ1) is 24.4. The lowest BCUT2D eigenvalue weighted by atomic mass is 10.1. The molecule has 0 amide bonds. The maximum atomic E-state index is 5.41. The zero-order valence-electron chi connectivity index (χ0n) is 17.1. The van der Waals surface area contributed by atoms with Crippen LogP contribution >= 0.6 is 35.3 Å². The molecule has 0 aliphatic heterocycles. The third kappa shape index (κ3) is 6.73. The van der Waals surface area contributed by atoms with E-state index in [1.165, 1.54) is 4.88 Å². The van der Waals surface area contributed by atoms with Crippen LogP contribution in [0.2, 0.25) is 0 Å². The summed E-state index contributed by atoms with van der Waals surface area (Å²) < 4.78 is 16.2. The molecule has 2 aromatic rings. The molecule has 0 radical (unpaired) electrons. The molecule has 1 aromatic heterocycles. The van der Waals surface area contributed by atoms with E-state index in [2.05, 4.69) is 47.0 Å². The van der Waals surface area contributed by atoms with Gasteiger partial charge in [0, 0.05) is 23.9 Å². The van der Waals surface area contributed by atoms with E-state index in [0.29, 0.717) is 29.7 Å². The van der Waals surface area contributed by atoms with E-state index in [1.54, 1.807) is 32.7 Å². The Hall–Kier alpha value is -1.68. The number of benzene rings is 1. The summed E-state index contributed by atoms with van der Waals surface area (Å²) in [5, 5.41) is 8.81. The number of ether oxygens (including phenoxy) is 3. The van der Waals surface area contributed by atoms with Gasteiger partial charge in [0.1, 0.15) is 0 Å². The molecule has 0 saturated heterocycles. The van der Waals surface area contributed by atoms with E-state index >= 15 is 0 Å². The van der Waals surface area contributed by atoms with Crippen LogP contribution in [0, 0.1) is 0 Å². The molecule has 156 valence electrons. The smallest absolute Gasteiger partial charge is 0.203 e. The van der Waals surface area contributed by atoms with Crippen molar-refractivity contribution in [1.82, 2.24) is 10.6 Å². The highest BCUT2D eigenvalue weighted by Gasteiger charge is 2.13. The zero-order chi connectivity index (χ0) is 19.6. The lowest BCUT2D eigenvalue weighted by Gasteiger charge is -2.16. The number of hydrogen-bond acceptors (Lipinski definition) is 5. The summed E-state index contributed by atoms with van der Waals surface area (Å²) in [6.07, 6.45) is 0. The van der Waals surface area contributed by atoms with Gasteiger partial charge in [-0.15, -0.1) is 35.3 Å². The second kappa shape index (κ2) is 12.7. The molecule has 1 unspecified atom stereocenters. The van der Waals surface area contributed by atoms with Crippen LogP contribution in [0.4, 0.5) is 0 Å². The number of rotatable bonds is 9. The second-order valence-electron chi connectivity index (χ2n) is 6.03. The van der Waals surface area contributed by atoms with Gasteiger partial charge in [0.05, 0.1) is 27.9 Å². The molecule has 0 saturated carbocycles. The van der Waals surface area contributed by atoms with Gasteiger partial charge in [-0.2, -0.15) is 0 Å². The standard InChI is InChI=1S/C20H29N3O3S.HI/c1-6-21-20(22-12-14(2)18-8-7-9-27-18)23-13-15-10-16(24-3)19(26-5)17(11-15)25-4;/h7-11,14H,6,12-13H2,1-5H3,(H2,21,22,23);1H. The molecule has 28 heavy (non-hydrogen) atoms. The van der Waals surface area contributed by atoms with Gasteiger partial charge >= 0.3 is 0 Å². The Bertz CT molecular complexity index is 713. The normalized spacial score (nSPS) is 12.0. The highest BCUT2D eigenvalue weighted by atomic mass is 127. The lowest BCUT2D eigenvalue weighted by molar-refractivity contribution is 0.324. The number of halogens is 1. The molecular weight excluding hydrogens is 489 g/mol. The molecule has 6 nitrogen and oxygen atoms in total. The van der Waals surface area contributed by atoms with Crippen molar-refractivity contribution in [2.45, 2.75) is 26.3 Å². The van der Waals surface area contributed by atoms with E-state index in [0.717, 1.165) is 24.6 Å². The molecule has 0 spiro atoms.